The summed E-state index contributed by atoms with van der Waals surface area (Å²) in [4.78, 5) is 23.8. The van der Waals surface area contributed by atoms with Crippen LogP contribution in [0.15, 0.2) is 42.5 Å². The first-order valence-electron chi connectivity index (χ1n) is 11.8. The van der Waals surface area contributed by atoms with E-state index in [1.54, 1.807) is 17.0 Å². The van der Waals surface area contributed by atoms with Crippen LogP contribution in [0.4, 0.5) is 14.5 Å². The Kier molecular flexibility index (Phi) is 5.01. The average Bonchev–Trinajstić information content (AvgIpc) is 3.43. The highest BCUT2D eigenvalue weighted by Crippen LogP contribution is 2.39. The molecule has 1 aromatic carbocycles. The van der Waals surface area contributed by atoms with Crippen LogP contribution in [0.1, 0.15) is 35.3 Å². The van der Waals surface area contributed by atoms with Crippen molar-refractivity contribution in [3.63, 3.8) is 0 Å². The molecule has 2 atom stereocenters. The van der Waals surface area contributed by atoms with E-state index < -0.39 is 5.92 Å². The van der Waals surface area contributed by atoms with Crippen LogP contribution in [0.2, 0.25) is 0 Å². The lowest BCUT2D eigenvalue weighted by Crippen LogP contribution is -2.56. The minimum atomic E-state index is -2.68. The van der Waals surface area contributed by atoms with Gasteiger partial charge in [-0.1, -0.05) is 30.3 Å². The number of anilines is 1. The van der Waals surface area contributed by atoms with Crippen molar-refractivity contribution in [2.75, 3.05) is 37.7 Å². The molecule has 1 aromatic heterocycles. The van der Waals surface area contributed by atoms with Crippen LogP contribution in [0.5, 0.6) is 5.88 Å². The monoisotopic (exact) mass is 454 g/mol. The van der Waals surface area contributed by atoms with E-state index in [1.165, 1.54) is 5.56 Å². The second-order valence-electron chi connectivity index (χ2n) is 9.90. The number of carbonyl (C=O) groups is 1. The molecule has 174 valence electrons. The second kappa shape index (κ2) is 7.94. The van der Waals surface area contributed by atoms with Gasteiger partial charge < -0.3 is 14.5 Å². The van der Waals surface area contributed by atoms with Gasteiger partial charge in [0.25, 0.3) is 11.8 Å². The van der Waals surface area contributed by atoms with Crippen LogP contribution in [0, 0.1) is 5.92 Å². The number of aromatic nitrogens is 1. The molecule has 0 spiro atoms. The lowest BCUT2D eigenvalue weighted by molar-refractivity contribution is -0.0265. The van der Waals surface area contributed by atoms with Gasteiger partial charge in [-0.3, -0.25) is 9.69 Å². The normalized spacial score (nSPS) is 25.9. The van der Waals surface area contributed by atoms with Crippen molar-refractivity contribution in [1.29, 1.82) is 0 Å². The third-order valence-electron chi connectivity index (χ3n) is 7.24. The van der Waals surface area contributed by atoms with Crippen LogP contribution in [-0.4, -0.2) is 71.5 Å². The van der Waals surface area contributed by atoms with E-state index >= 15 is 0 Å². The third-order valence-corrected chi connectivity index (χ3v) is 7.24. The van der Waals surface area contributed by atoms with Crippen molar-refractivity contribution in [1.82, 2.24) is 14.8 Å². The van der Waals surface area contributed by atoms with E-state index in [-0.39, 0.29) is 25.0 Å². The first kappa shape index (κ1) is 20.8. The summed E-state index contributed by atoms with van der Waals surface area (Å²) in [6.07, 6.45) is 3.21. The number of alkyl halides is 2. The summed E-state index contributed by atoms with van der Waals surface area (Å²) in [5.41, 5.74) is 2.17. The van der Waals surface area contributed by atoms with Crippen LogP contribution in [0.25, 0.3) is 0 Å². The zero-order chi connectivity index (χ0) is 22.6. The number of benzene rings is 1. The Morgan fingerprint density at radius 2 is 1.85 bits per heavy atom. The van der Waals surface area contributed by atoms with Crippen molar-refractivity contribution in [2.45, 2.75) is 43.8 Å². The minimum absolute atomic E-state index is 0.0985. The Morgan fingerprint density at radius 3 is 2.52 bits per heavy atom. The molecule has 0 N–H and O–H groups in total. The van der Waals surface area contributed by atoms with Crippen LogP contribution < -0.4 is 9.64 Å². The molecular formula is C25H28F2N4O2. The Labute approximate surface area is 192 Å². The molecular weight excluding hydrogens is 426 g/mol. The average molecular weight is 455 g/mol. The number of rotatable bonds is 7. The summed E-state index contributed by atoms with van der Waals surface area (Å²) in [6, 6.07) is 14.3. The molecule has 3 aliphatic heterocycles. The smallest absolute Gasteiger partial charge is 0.282 e. The predicted molar refractivity (Wildman–Crippen MR) is 120 cm³/mol. The lowest BCUT2D eigenvalue weighted by atomic mass is 10.1. The maximum absolute atomic E-state index is 13.4. The Bertz CT molecular complexity index is 1040. The number of hydrogen-bond donors (Lipinski definition) is 0. The van der Waals surface area contributed by atoms with E-state index in [0.717, 1.165) is 32.4 Å². The maximum atomic E-state index is 13.4. The number of piperazine rings is 1. The second-order valence-corrected chi connectivity index (χ2v) is 9.90. The third kappa shape index (κ3) is 4.16. The molecule has 6 rings (SSSR count). The fourth-order valence-electron chi connectivity index (χ4n) is 5.22. The minimum Gasteiger partial charge on any atom is -0.476 e. The first-order valence-corrected chi connectivity index (χ1v) is 11.8. The SMILES string of the molecule is O=C(c1ccc(N2CC(F)(F)C2)c(OCC2CC2)n1)N1C[C@@H]2C[C@H]1CN2Cc1ccccc1. The quantitative estimate of drug-likeness (QED) is 0.642. The summed E-state index contributed by atoms with van der Waals surface area (Å²) in [5, 5.41) is 0. The highest BCUT2D eigenvalue weighted by molar-refractivity contribution is 5.93. The summed E-state index contributed by atoms with van der Waals surface area (Å²) >= 11 is 0. The highest BCUT2D eigenvalue weighted by atomic mass is 19.3. The summed E-state index contributed by atoms with van der Waals surface area (Å²) < 4.78 is 32.8. The molecule has 4 heterocycles. The molecule has 4 aliphatic rings. The molecule has 2 bridgehead atoms. The van der Waals surface area contributed by atoms with Gasteiger partial charge in [0.1, 0.15) is 11.4 Å². The molecule has 3 saturated heterocycles. The molecule has 8 heteroatoms. The van der Waals surface area contributed by atoms with Gasteiger partial charge in [-0.25, -0.2) is 13.8 Å². The summed E-state index contributed by atoms with van der Waals surface area (Å²) in [7, 11) is 0. The van der Waals surface area contributed by atoms with Gasteiger partial charge >= 0.3 is 0 Å². The number of pyridine rings is 1. The Balaban J connectivity index is 1.15. The van der Waals surface area contributed by atoms with Gasteiger partial charge in [0.15, 0.2) is 0 Å². The van der Waals surface area contributed by atoms with Crippen LogP contribution in [0.3, 0.4) is 0 Å². The number of amides is 1. The maximum Gasteiger partial charge on any atom is 0.282 e. The number of likely N-dealkylation sites (tertiary alicyclic amines) is 2. The van der Waals surface area contributed by atoms with Crippen molar-refractivity contribution in [3.05, 3.63) is 53.7 Å². The van der Waals surface area contributed by atoms with Gasteiger partial charge in [-0.15, -0.1) is 0 Å². The molecule has 2 aromatic rings. The van der Waals surface area contributed by atoms with Crippen LogP contribution >= 0.6 is 0 Å². The molecule has 0 unspecified atom stereocenters. The standard InChI is InChI=1S/C25H28F2N4O2/c26-25(27)15-30(16-25)22-9-8-21(28-23(22)33-14-18-6-7-18)24(32)31-13-19-10-20(31)12-29(19)11-17-4-2-1-3-5-17/h1-5,8-9,18-20H,6-7,10-16H2/t19-,20-/m0/s1. The topological polar surface area (TPSA) is 48.9 Å². The molecule has 33 heavy (non-hydrogen) atoms. The van der Waals surface area contributed by atoms with Crippen molar-refractivity contribution in [3.8, 4) is 5.88 Å². The van der Waals surface area contributed by atoms with E-state index in [4.69, 9.17) is 4.74 Å². The summed E-state index contributed by atoms with van der Waals surface area (Å²) in [6.45, 7) is 2.29. The largest absolute Gasteiger partial charge is 0.476 e. The molecule has 1 amide bonds. The predicted octanol–water partition coefficient (Wildman–Crippen LogP) is 3.42. The van der Waals surface area contributed by atoms with E-state index in [2.05, 4.69) is 34.1 Å². The zero-order valence-corrected chi connectivity index (χ0v) is 18.5. The van der Waals surface area contributed by atoms with Gasteiger partial charge in [0, 0.05) is 31.7 Å². The Morgan fingerprint density at radius 1 is 1.06 bits per heavy atom. The van der Waals surface area contributed by atoms with Gasteiger partial charge in [0.05, 0.1) is 19.7 Å². The number of fused-ring (bicyclic) bond motifs is 2. The number of carbonyl (C=O) groups excluding carboxylic acids is 1. The molecule has 1 saturated carbocycles. The molecule has 1 aliphatic carbocycles. The number of hydrogen-bond acceptors (Lipinski definition) is 5. The Hall–Kier alpha value is -2.74. The van der Waals surface area contributed by atoms with Crippen molar-refractivity contribution in [2.24, 2.45) is 5.92 Å². The zero-order valence-electron chi connectivity index (χ0n) is 18.5. The van der Waals surface area contributed by atoms with Crippen molar-refractivity contribution >= 4 is 11.6 Å². The highest BCUT2D eigenvalue weighted by Gasteiger charge is 2.47. The van der Waals surface area contributed by atoms with Gasteiger partial charge in [-0.2, -0.15) is 0 Å². The molecule has 0 radical (unpaired) electrons. The van der Waals surface area contributed by atoms with Crippen LogP contribution in [-0.2, 0) is 6.54 Å². The van der Waals surface area contributed by atoms with E-state index in [1.807, 2.05) is 11.0 Å². The van der Waals surface area contributed by atoms with Gasteiger partial charge in [-0.05, 0) is 42.9 Å². The summed E-state index contributed by atoms with van der Waals surface area (Å²) in [5.74, 6) is -1.97. The number of nitrogens with zero attached hydrogens (tertiary/aromatic N) is 4. The lowest BCUT2D eigenvalue weighted by Gasteiger charge is -2.40. The van der Waals surface area contributed by atoms with Crippen molar-refractivity contribution < 1.29 is 18.3 Å². The first-order chi connectivity index (χ1) is 15.9. The van der Waals surface area contributed by atoms with Gasteiger partial charge in [0.2, 0.25) is 5.88 Å². The van der Waals surface area contributed by atoms with E-state index in [0.29, 0.717) is 42.4 Å². The fraction of sp³-hybridized carbons (Fsp3) is 0.520. The molecule has 6 nitrogen and oxygen atoms in total. The fourth-order valence-corrected chi connectivity index (χ4v) is 5.22. The number of halogens is 2. The number of ether oxygens (including phenoxy) is 1. The molecule has 4 fully saturated rings. The van der Waals surface area contributed by atoms with E-state index in [9.17, 15) is 13.6 Å².